The lowest BCUT2D eigenvalue weighted by molar-refractivity contribution is 0.102. The van der Waals surface area contributed by atoms with E-state index in [-0.39, 0.29) is 11.7 Å². The number of amides is 1. The molecule has 23 heavy (non-hydrogen) atoms. The zero-order chi connectivity index (χ0) is 16.3. The maximum atomic E-state index is 12.1. The minimum Gasteiger partial charge on any atom is -0.322 e. The van der Waals surface area contributed by atoms with E-state index in [0.29, 0.717) is 30.8 Å². The summed E-state index contributed by atoms with van der Waals surface area (Å²) >= 11 is 0. The van der Waals surface area contributed by atoms with Crippen LogP contribution in [0.2, 0.25) is 0 Å². The van der Waals surface area contributed by atoms with Crippen LogP contribution in [0, 0.1) is 0 Å². The van der Waals surface area contributed by atoms with Gasteiger partial charge in [0.1, 0.15) is 0 Å². The summed E-state index contributed by atoms with van der Waals surface area (Å²) in [7, 11) is -3.13. The number of aromatic nitrogens is 2. The molecule has 1 amide bonds. The Morgan fingerprint density at radius 2 is 2.13 bits per heavy atom. The molecule has 1 saturated heterocycles. The second kappa shape index (κ2) is 6.43. The van der Waals surface area contributed by atoms with Crippen molar-refractivity contribution < 1.29 is 13.2 Å². The van der Waals surface area contributed by atoms with Gasteiger partial charge >= 0.3 is 0 Å². The fraction of sp³-hybridized carbons (Fsp3) is 0.267. The zero-order valence-corrected chi connectivity index (χ0v) is 13.2. The molecule has 1 N–H and O–H groups in total. The van der Waals surface area contributed by atoms with Crippen molar-refractivity contribution >= 4 is 21.6 Å². The van der Waals surface area contributed by atoms with Crippen molar-refractivity contribution in [3.63, 3.8) is 0 Å². The third-order valence-electron chi connectivity index (χ3n) is 3.59. The molecule has 8 heteroatoms. The van der Waals surface area contributed by atoms with Gasteiger partial charge in [0.25, 0.3) is 5.91 Å². The number of nitrogens with one attached hydrogen (secondary N) is 1. The molecule has 1 aliphatic rings. The van der Waals surface area contributed by atoms with E-state index in [1.807, 2.05) is 6.07 Å². The number of carbonyl (C=O) groups is 1. The Kier molecular flexibility index (Phi) is 4.35. The van der Waals surface area contributed by atoms with Gasteiger partial charge in [-0.05, 0) is 30.2 Å². The van der Waals surface area contributed by atoms with Crippen LogP contribution in [0.1, 0.15) is 22.3 Å². The molecule has 120 valence electrons. The molecule has 7 nitrogen and oxygen atoms in total. The van der Waals surface area contributed by atoms with Gasteiger partial charge in [-0.1, -0.05) is 12.1 Å². The summed E-state index contributed by atoms with van der Waals surface area (Å²) in [5.74, 6) is -0.0794. The first-order chi connectivity index (χ1) is 11.0. The standard InChI is InChI=1S/C15H16N4O3S/c20-15(13-5-6-16-17-10-13)18-14-4-1-3-12(9-14)11-19-7-2-8-23(19,21)22/h1,3-6,9-10H,2,7-8,11H2,(H,18,20). The molecule has 0 bridgehead atoms. The van der Waals surface area contributed by atoms with Crippen molar-refractivity contribution in [2.45, 2.75) is 13.0 Å². The number of hydrogen-bond donors (Lipinski definition) is 1. The molecule has 2 heterocycles. The Balaban J connectivity index is 1.72. The summed E-state index contributed by atoms with van der Waals surface area (Å²) in [5, 5.41) is 10.1. The Bertz CT molecular complexity index is 808. The smallest absolute Gasteiger partial charge is 0.257 e. The fourth-order valence-corrected chi connectivity index (χ4v) is 3.95. The number of hydrogen-bond acceptors (Lipinski definition) is 5. The molecule has 1 aromatic heterocycles. The van der Waals surface area contributed by atoms with Gasteiger partial charge < -0.3 is 5.32 Å². The van der Waals surface area contributed by atoms with E-state index in [4.69, 9.17) is 0 Å². The Morgan fingerprint density at radius 3 is 2.83 bits per heavy atom. The highest BCUT2D eigenvalue weighted by molar-refractivity contribution is 7.89. The van der Waals surface area contributed by atoms with E-state index >= 15 is 0 Å². The predicted octanol–water partition coefficient (Wildman–Crippen LogP) is 1.26. The topological polar surface area (TPSA) is 92.3 Å². The van der Waals surface area contributed by atoms with E-state index in [9.17, 15) is 13.2 Å². The molecule has 0 radical (unpaired) electrons. The van der Waals surface area contributed by atoms with E-state index in [1.54, 1.807) is 24.3 Å². The van der Waals surface area contributed by atoms with Crippen molar-refractivity contribution in [2.24, 2.45) is 0 Å². The van der Waals surface area contributed by atoms with Crippen molar-refractivity contribution in [1.82, 2.24) is 14.5 Å². The normalized spacial score (nSPS) is 17.0. The summed E-state index contributed by atoms with van der Waals surface area (Å²) in [5.41, 5.74) is 1.86. The molecule has 2 aromatic rings. The number of carbonyl (C=O) groups excluding carboxylic acids is 1. The highest BCUT2D eigenvalue weighted by Crippen LogP contribution is 2.19. The van der Waals surface area contributed by atoms with Crippen molar-refractivity contribution in [3.05, 3.63) is 53.9 Å². The number of anilines is 1. The van der Waals surface area contributed by atoms with Crippen LogP contribution < -0.4 is 5.32 Å². The average molecular weight is 332 g/mol. The minimum atomic E-state index is -3.13. The van der Waals surface area contributed by atoms with Crippen molar-refractivity contribution in [1.29, 1.82) is 0 Å². The summed E-state index contributed by atoms with van der Waals surface area (Å²) in [4.78, 5) is 12.1. The molecule has 0 saturated carbocycles. The fourth-order valence-electron chi connectivity index (χ4n) is 2.45. The lowest BCUT2D eigenvalue weighted by atomic mass is 10.2. The summed E-state index contributed by atoms with van der Waals surface area (Å²) in [6.45, 7) is 0.866. The lowest BCUT2D eigenvalue weighted by Crippen LogP contribution is -2.25. The highest BCUT2D eigenvalue weighted by atomic mass is 32.2. The van der Waals surface area contributed by atoms with E-state index < -0.39 is 10.0 Å². The number of sulfonamides is 1. The zero-order valence-electron chi connectivity index (χ0n) is 12.3. The third-order valence-corrected chi connectivity index (χ3v) is 5.50. The van der Waals surface area contributed by atoms with Crippen LogP contribution in [0.3, 0.4) is 0 Å². The van der Waals surface area contributed by atoms with Crippen LogP contribution in [0.4, 0.5) is 5.69 Å². The SMILES string of the molecule is O=C(Nc1cccc(CN2CCCS2(=O)=O)c1)c1ccnnc1. The molecule has 1 aromatic carbocycles. The van der Waals surface area contributed by atoms with Crippen molar-refractivity contribution in [3.8, 4) is 0 Å². The minimum absolute atomic E-state index is 0.207. The van der Waals surface area contributed by atoms with Gasteiger partial charge in [0.05, 0.1) is 23.7 Å². The molecule has 0 spiro atoms. The molecule has 0 unspecified atom stereocenters. The Hall–Kier alpha value is -2.32. The summed E-state index contributed by atoms with van der Waals surface area (Å²) < 4.78 is 25.2. The number of rotatable bonds is 4. The Morgan fingerprint density at radius 1 is 1.26 bits per heavy atom. The van der Waals surface area contributed by atoms with Gasteiger partial charge in [0.15, 0.2) is 0 Å². The molecule has 1 aliphatic heterocycles. The van der Waals surface area contributed by atoms with Crippen LogP contribution in [0.15, 0.2) is 42.7 Å². The highest BCUT2D eigenvalue weighted by Gasteiger charge is 2.27. The van der Waals surface area contributed by atoms with Gasteiger partial charge in [0.2, 0.25) is 10.0 Å². The second-order valence-electron chi connectivity index (χ2n) is 5.29. The maximum absolute atomic E-state index is 12.1. The van der Waals surface area contributed by atoms with Gasteiger partial charge in [-0.15, -0.1) is 0 Å². The first-order valence-corrected chi connectivity index (χ1v) is 8.80. The van der Waals surface area contributed by atoms with Gasteiger partial charge in [0, 0.05) is 18.8 Å². The average Bonchev–Trinajstić information content (AvgIpc) is 2.87. The van der Waals surface area contributed by atoms with Crippen LogP contribution in [0.25, 0.3) is 0 Å². The van der Waals surface area contributed by atoms with Gasteiger partial charge in [-0.3, -0.25) is 4.79 Å². The van der Waals surface area contributed by atoms with Crippen LogP contribution >= 0.6 is 0 Å². The first-order valence-electron chi connectivity index (χ1n) is 7.19. The largest absolute Gasteiger partial charge is 0.322 e. The second-order valence-corrected chi connectivity index (χ2v) is 7.38. The van der Waals surface area contributed by atoms with Gasteiger partial charge in [-0.2, -0.15) is 14.5 Å². The lowest BCUT2D eigenvalue weighted by Gasteiger charge is -2.15. The summed E-state index contributed by atoms with van der Waals surface area (Å²) in [6, 6.07) is 8.74. The van der Waals surface area contributed by atoms with E-state index in [2.05, 4.69) is 15.5 Å². The molecule has 0 atom stereocenters. The quantitative estimate of drug-likeness (QED) is 0.910. The van der Waals surface area contributed by atoms with Gasteiger partial charge in [-0.25, -0.2) is 8.42 Å². The molecule has 3 rings (SSSR count). The molecule has 1 fully saturated rings. The predicted molar refractivity (Wildman–Crippen MR) is 85.2 cm³/mol. The third kappa shape index (κ3) is 3.72. The maximum Gasteiger partial charge on any atom is 0.257 e. The van der Waals surface area contributed by atoms with Crippen LogP contribution in [-0.2, 0) is 16.6 Å². The summed E-state index contributed by atoms with van der Waals surface area (Å²) in [6.07, 6.45) is 3.49. The molecular formula is C15H16N4O3S. The van der Waals surface area contributed by atoms with Crippen molar-refractivity contribution in [2.75, 3.05) is 17.6 Å². The van der Waals surface area contributed by atoms with Crippen LogP contribution in [-0.4, -0.2) is 41.1 Å². The Labute approximate surface area is 134 Å². The van der Waals surface area contributed by atoms with E-state index in [1.165, 1.54) is 16.7 Å². The first kappa shape index (κ1) is 15.6. The number of nitrogens with zero attached hydrogens (tertiary/aromatic N) is 3. The molecular weight excluding hydrogens is 316 g/mol. The monoisotopic (exact) mass is 332 g/mol. The van der Waals surface area contributed by atoms with E-state index in [0.717, 1.165) is 5.56 Å². The molecule has 0 aliphatic carbocycles. The van der Waals surface area contributed by atoms with Crippen LogP contribution in [0.5, 0.6) is 0 Å². The number of benzene rings is 1.